The van der Waals surface area contributed by atoms with Crippen molar-refractivity contribution in [3.8, 4) is 67.5 Å². The Bertz CT molecular complexity index is 2580. The highest BCUT2D eigenvalue weighted by Crippen LogP contribution is 2.38. The van der Waals surface area contributed by atoms with E-state index in [1.807, 2.05) is 60.7 Å². The second-order valence-electron chi connectivity index (χ2n) is 12.0. The number of hydrogen-bond donors (Lipinski definition) is 0. The normalized spacial score (nSPS) is 11.3. The van der Waals surface area contributed by atoms with E-state index in [0.29, 0.717) is 17.5 Å². The SMILES string of the molecule is c1ccc(-c2ccc(-c3ccc(-c4nc(-c5ccccc5)nc(-c5cccc6c5oc5ccccc56)n4)cc3)c(-c3ccccc3)c2)cc1. The summed E-state index contributed by atoms with van der Waals surface area (Å²) in [5.74, 6) is 1.78. The van der Waals surface area contributed by atoms with Gasteiger partial charge in [0.05, 0.1) is 5.56 Å². The predicted molar refractivity (Wildman–Crippen MR) is 200 cm³/mol. The number of para-hydroxylation sites is 2. The second-order valence-corrected chi connectivity index (χ2v) is 12.0. The minimum atomic E-state index is 0.570. The molecule has 0 unspecified atom stereocenters. The first-order valence-electron chi connectivity index (χ1n) is 16.4. The van der Waals surface area contributed by atoms with Gasteiger partial charge < -0.3 is 4.42 Å². The molecule has 49 heavy (non-hydrogen) atoms. The van der Waals surface area contributed by atoms with Gasteiger partial charge in [0.15, 0.2) is 17.5 Å². The van der Waals surface area contributed by atoms with Crippen LogP contribution < -0.4 is 0 Å². The number of nitrogens with zero attached hydrogens (tertiary/aromatic N) is 3. The Kier molecular flexibility index (Phi) is 7.10. The third-order valence-electron chi connectivity index (χ3n) is 8.98. The topological polar surface area (TPSA) is 51.8 Å². The van der Waals surface area contributed by atoms with Gasteiger partial charge in [0, 0.05) is 21.9 Å². The summed E-state index contributed by atoms with van der Waals surface area (Å²) >= 11 is 0. The van der Waals surface area contributed by atoms with Gasteiger partial charge in [0.2, 0.25) is 0 Å². The third kappa shape index (κ3) is 5.35. The van der Waals surface area contributed by atoms with Crippen molar-refractivity contribution in [3.63, 3.8) is 0 Å². The summed E-state index contributed by atoms with van der Waals surface area (Å²) < 4.78 is 6.38. The van der Waals surface area contributed by atoms with E-state index in [9.17, 15) is 0 Å². The highest BCUT2D eigenvalue weighted by Gasteiger charge is 2.18. The van der Waals surface area contributed by atoms with Gasteiger partial charge in [-0.3, -0.25) is 0 Å². The molecule has 0 aliphatic heterocycles. The van der Waals surface area contributed by atoms with Crippen LogP contribution in [0.15, 0.2) is 180 Å². The van der Waals surface area contributed by atoms with Crippen LogP contribution in [0.25, 0.3) is 89.5 Å². The lowest BCUT2D eigenvalue weighted by Gasteiger charge is -2.14. The van der Waals surface area contributed by atoms with Crippen LogP contribution in [-0.2, 0) is 0 Å². The molecule has 0 saturated heterocycles. The Balaban J connectivity index is 1.16. The Morgan fingerprint density at radius 1 is 0.306 bits per heavy atom. The van der Waals surface area contributed by atoms with E-state index in [0.717, 1.165) is 49.8 Å². The van der Waals surface area contributed by atoms with E-state index in [4.69, 9.17) is 19.4 Å². The smallest absolute Gasteiger partial charge is 0.167 e. The molecule has 7 aromatic carbocycles. The third-order valence-corrected chi connectivity index (χ3v) is 8.98. The van der Waals surface area contributed by atoms with Crippen LogP contribution in [-0.4, -0.2) is 15.0 Å². The van der Waals surface area contributed by atoms with Crippen LogP contribution in [0.4, 0.5) is 0 Å². The van der Waals surface area contributed by atoms with Crippen LogP contribution in [0.5, 0.6) is 0 Å². The van der Waals surface area contributed by atoms with Crippen molar-refractivity contribution in [1.82, 2.24) is 15.0 Å². The molecule has 0 radical (unpaired) electrons. The fraction of sp³-hybridized carbons (Fsp3) is 0. The van der Waals surface area contributed by atoms with Gasteiger partial charge in [-0.1, -0.05) is 158 Å². The van der Waals surface area contributed by atoms with Crippen LogP contribution in [0.1, 0.15) is 0 Å². The standard InChI is InChI=1S/C45H29N3O/c1-4-13-30(14-5-1)35-27-28-36(40(29-35)31-15-6-2-7-16-31)32-23-25-34(26-24-32)44-46-43(33-17-8-3-9-18-33)47-45(48-44)39-21-12-20-38-37-19-10-11-22-41(37)49-42(38)39/h1-29H. The Morgan fingerprint density at radius 3 is 1.53 bits per heavy atom. The Hall–Kier alpha value is -6.65. The molecule has 9 rings (SSSR count). The summed E-state index contributed by atoms with van der Waals surface area (Å²) in [5.41, 5.74) is 11.3. The number of hydrogen-bond acceptors (Lipinski definition) is 4. The molecule has 0 amide bonds. The van der Waals surface area contributed by atoms with E-state index in [1.54, 1.807) is 0 Å². The van der Waals surface area contributed by atoms with Crippen molar-refractivity contribution in [2.75, 3.05) is 0 Å². The summed E-state index contributed by atoms with van der Waals surface area (Å²) in [6.07, 6.45) is 0. The van der Waals surface area contributed by atoms with Gasteiger partial charge in [-0.25, -0.2) is 15.0 Å². The molecule has 0 spiro atoms. The summed E-state index contributed by atoms with van der Waals surface area (Å²) in [4.78, 5) is 15.0. The lowest BCUT2D eigenvalue weighted by molar-refractivity contribution is 0.669. The van der Waals surface area contributed by atoms with Crippen LogP contribution in [0.2, 0.25) is 0 Å². The number of rotatable bonds is 6. The van der Waals surface area contributed by atoms with Gasteiger partial charge in [-0.2, -0.15) is 0 Å². The van der Waals surface area contributed by atoms with Gasteiger partial charge in [-0.15, -0.1) is 0 Å². The van der Waals surface area contributed by atoms with Gasteiger partial charge >= 0.3 is 0 Å². The van der Waals surface area contributed by atoms with Crippen molar-refractivity contribution < 1.29 is 4.42 Å². The predicted octanol–water partition coefficient (Wildman–Crippen LogP) is 11.8. The highest BCUT2D eigenvalue weighted by atomic mass is 16.3. The average Bonchev–Trinajstić information content (AvgIpc) is 3.58. The quantitative estimate of drug-likeness (QED) is 0.184. The minimum Gasteiger partial charge on any atom is -0.455 e. The molecule has 2 heterocycles. The molecule has 0 aliphatic rings. The maximum Gasteiger partial charge on any atom is 0.167 e. The van der Waals surface area contributed by atoms with Crippen LogP contribution in [0.3, 0.4) is 0 Å². The molecule has 0 N–H and O–H groups in total. The molecule has 9 aromatic rings. The zero-order valence-electron chi connectivity index (χ0n) is 26.5. The zero-order chi connectivity index (χ0) is 32.6. The second kappa shape index (κ2) is 12.2. The summed E-state index contributed by atoms with van der Waals surface area (Å²) in [6.45, 7) is 0. The summed E-state index contributed by atoms with van der Waals surface area (Å²) in [5, 5.41) is 2.10. The monoisotopic (exact) mass is 627 g/mol. The Morgan fingerprint density at radius 2 is 0.816 bits per heavy atom. The van der Waals surface area contributed by atoms with E-state index >= 15 is 0 Å². The Labute approximate surface area is 284 Å². The fourth-order valence-corrected chi connectivity index (χ4v) is 6.53. The van der Waals surface area contributed by atoms with Gasteiger partial charge in [0.25, 0.3) is 0 Å². The van der Waals surface area contributed by atoms with E-state index in [-0.39, 0.29) is 0 Å². The van der Waals surface area contributed by atoms with Crippen molar-refractivity contribution in [1.29, 1.82) is 0 Å². The van der Waals surface area contributed by atoms with E-state index < -0.39 is 0 Å². The summed E-state index contributed by atoms with van der Waals surface area (Å²) in [7, 11) is 0. The van der Waals surface area contributed by atoms with Crippen molar-refractivity contribution in [3.05, 3.63) is 176 Å². The first-order chi connectivity index (χ1) is 24.3. The molecule has 230 valence electrons. The van der Waals surface area contributed by atoms with Gasteiger partial charge in [0.1, 0.15) is 11.2 Å². The minimum absolute atomic E-state index is 0.570. The maximum absolute atomic E-state index is 6.38. The first-order valence-corrected chi connectivity index (χ1v) is 16.4. The molecule has 0 atom stereocenters. The molecule has 0 bridgehead atoms. The van der Waals surface area contributed by atoms with E-state index in [1.165, 1.54) is 22.3 Å². The molecule has 4 nitrogen and oxygen atoms in total. The molecular weight excluding hydrogens is 599 g/mol. The fourth-order valence-electron chi connectivity index (χ4n) is 6.53. The molecular formula is C45H29N3O. The molecule has 2 aromatic heterocycles. The van der Waals surface area contributed by atoms with Crippen LogP contribution in [0, 0.1) is 0 Å². The largest absolute Gasteiger partial charge is 0.455 e. The number of furan rings is 1. The molecule has 0 saturated carbocycles. The zero-order valence-corrected chi connectivity index (χ0v) is 26.5. The maximum atomic E-state index is 6.38. The number of aromatic nitrogens is 3. The molecule has 4 heteroatoms. The van der Waals surface area contributed by atoms with E-state index in [2.05, 4.69) is 115 Å². The molecule has 0 fully saturated rings. The first kappa shape index (κ1) is 28.6. The lowest BCUT2D eigenvalue weighted by atomic mass is 9.91. The van der Waals surface area contributed by atoms with Crippen molar-refractivity contribution >= 4 is 21.9 Å². The lowest BCUT2D eigenvalue weighted by Crippen LogP contribution is -2.00. The van der Waals surface area contributed by atoms with Crippen molar-refractivity contribution in [2.24, 2.45) is 0 Å². The highest BCUT2D eigenvalue weighted by molar-refractivity contribution is 6.09. The summed E-state index contributed by atoms with van der Waals surface area (Å²) in [6, 6.07) is 60.6. The number of benzene rings is 7. The molecule has 0 aliphatic carbocycles. The van der Waals surface area contributed by atoms with Crippen molar-refractivity contribution in [2.45, 2.75) is 0 Å². The number of fused-ring (bicyclic) bond motifs is 3. The average molecular weight is 628 g/mol. The van der Waals surface area contributed by atoms with Crippen LogP contribution >= 0.6 is 0 Å². The van der Waals surface area contributed by atoms with Gasteiger partial charge in [-0.05, 0) is 51.6 Å².